The largest absolute Gasteiger partial charge is 0.371 e. The Morgan fingerprint density at radius 3 is 2.56 bits per heavy atom. The van der Waals surface area contributed by atoms with Crippen LogP contribution in [0.4, 0.5) is 11.4 Å². The fraction of sp³-hybridized carbons (Fsp3) is 0.364. The predicted octanol–water partition coefficient (Wildman–Crippen LogP) is 2.01. The highest BCUT2D eigenvalue weighted by Crippen LogP contribution is 2.26. The van der Waals surface area contributed by atoms with Gasteiger partial charge < -0.3 is 4.90 Å². The molecule has 0 saturated carbocycles. The number of hydrogen-bond donors (Lipinski definition) is 0. The summed E-state index contributed by atoms with van der Waals surface area (Å²) in [6, 6.07) is 4.76. The molecular weight excluding hydrogens is 208 g/mol. The molecule has 0 unspecified atom stereocenters. The number of hydrogen-bond acceptors (Lipinski definition) is 4. The zero-order valence-corrected chi connectivity index (χ0v) is 8.76. The van der Waals surface area contributed by atoms with Crippen LogP contribution in [0, 0.1) is 10.1 Å². The number of benzene rings is 1. The monoisotopic (exact) mass is 220 g/mol. The molecule has 0 bridgehead atoms. The van der Waals surface area contributed by atoms with E-state index in [-0.39, 0.29) is 11.3 Å². The van der Waals surface area contributed by atoms with Gasteiger partial charge in [-0.05, 0) is 25.0 Å². The molecule has 16 heavy (non-hydrogen) atoms. The first-order valence-electron chi connectivity index (χ1n) is 5.21. The summed E-state index contributed by atoms with van der Waals surface area (Å²) in [5.74, 6) is 0. The molecule has 84 valence electrons. The summed E-state index contributed by atoms with van der Waals surface area (Å²) in [5, 5.41) is 10.8. The van der Waals surface area contributed by atoms with Crippen molar-refractivity contribution < 1.29 is 9.72 Å². The highest BCUT2D eigenvalue weighted by Gasteiger charge is 2.18. The summed E-state index contributed by atoms with van der Waals surface area (Å²) in [6.45, 7) is 1.86. The molecule has 1 aromatic rings. The third kappa shape index (κ3) is 1.88. The number of nitro groups is 1. The van der Waals surface area contributed by atoms with Crippen molar-refractivity contribution in [1.29, 1.82) is 0 Å². The van der Waals surface area contributed by atoms with Crippen LogP contribution in [0.25, 0.3) is 0 Å². The van der Waals surface area contributed by atoms with Gasteiger partial charge in [0.2, 0.25) is 0 Å². The molecule has 0 aromatic heterocycles. The molecule has 1 aromatic carbocycles. The lowest BCUT2D eigenvalue weighted by molar-refractivity contribution is -0.385. The average Bonchev–Trinajstić information content (AvgIpc) is 2.81. The molecule has 0 spiro atoms. The minimum atomic E-state index is -0.511. The molecule has 0 aliphatic carbocycles. The van der Waals surface area contributed by atoms with E-state index in [9.17, 15) is 14.9 Å². The first kappa shape index (κ1) is 10.6. The van der Waals surface area contributed by atoms with E-state index < -0.39 is 4.92 Å². The van der Waals surface area contributed by atoms with Crippen LogP contribution in [0.15, 0.2) is 18.2 Å². The van der Waals surface area contributed by atoms with E-state index in [0.29, 0.717) is 6.29 Å². The standard InChI is InChI=1S/C11H12N2O3/c14-8-9-3-4-10(7-11(9)13(15)16)12-5-1-2-6-12/h3-4,7-8H,1-2,5-6H2. The van der Waals surface area contributed by atoms with Crippen LogP contribution in [0.5, 0.6) is 0 Å². The van der Waals surface area contributed by atoms with Crippen molar-refractivity contribution in [3.8, 4) is 0 Å². The molecule has 1 aliphatic heterocycles. The zero-order valence-electron chi connectivity index (χ0n) is 8.76. The maximum absolute atomic E-state index is 10.8. The molecule has 0 radical (unpaired) electrons. The van der Waals surface area contributed by atoms with Gasteiger partial charge in [0.15, 0.2) is 6.29 Å². The number of nitrogens with zero attached hydrogens (tertiary/aromatic N) is 2. The van der Waals surface area contributed by atoms with Crippen molar-refractivity contribution in [2.45, 2.75) is 12.8 Å². The van der Waals surface area contributed by atoms with Crippen LogP contribution in [-0.2, 0) is 0 Å². The maximum atomic E-state index is 10.8. The average molecular weight is 220 g/mol. The van der Waals surface area contributed by atoms with Gasteiger partial charge in [0.25, 0.3) is 5.69 Å². The molecule has 1 heterocycles. The highest BCUT2D eigenvalue weighted by molar-refractivity contribution is 5.83. The Hall–Kier alpha value is -1.91. The zero-order chi connectivity index (χ0) is 11.5. The van der Waals surface area contributed by atoms with Gasteiger partial charge in [0.05, 0.1) is 10.5 Å². The van der Waals surface area contributed by atoms with E-state index in [1.165, 1.54) is 12.1 Å². The Bertz CT molecular complexity index is 425. The molecule has 5 nitrogen and oxygen atoms in total. The van der Waals surface area contributed by atoms with E-state index in [0.717, 1.165) is 31.6 Å². The summed E-state index contributed by atoms with van der Waals surface area (Å²) in [4.78, 5) is 23.0. The maximum Gasteiger partial charge on any atom is 0.281 e. The topological polar surface area (TPSA) is 63.5 Å². The van der Waals surface area contributed by atoms with Gasteiger partial charge in [0.1, 0.15) is 0 Å². The van der Waals surface area contributed by atoms with Crippen molar-refractivity contribution in [3.05, 3.63) is 33.9 Å². The Morgan fingerprint density at radius 2 is 2.00 bits per heavy atom. The number of rotatable bonds is 3. The first-order chi connectivity index (χ1) is 7.72. The van der Waals surface area contributed by atoms with Gasteiger partial charge in [-0.2, -0.15) is 0 Å². The molecule has 0 amide bonds. The summed E-state index contributed by atoms with van der Waals surface area (Å²) < 4.78 is 0. The second-order valence-electron chi connectivity index (χ2n) is 3.81. The SMILES string of the molecule is O=Cc1ccc(N2CCCC2)cc1[N+](=O)[O-]. The van der Waals surface area contributed by atoms with Gasteiger partial charge in [-0.15, -0.1) is 0 Å². The highest BCUT2D eigenvalue weighted by atomic mass is 16.6. The van der Waals surface area contributed by atoms with E-state index in [2.05, 4.69) is 4.90 Å². The first-order valence-corrected chi connectivity index (χ1v) is 5.21. The number of carbonyl (C=O) groups excluding carboxylic acids is 1. The fourth-order valence-electron chi connectivity index (χ4n) is 1.96. The van der Waals surface area contributed by atoms with Gasteiger partial charge in [0, 0.05) is 24.8 Å². The summed E-state index contributed by atoms with van der Waals surface area (Å²) in [6.07, 6.45) is 2.75. The van der Waals surface area contributed by atoms with Crippen LogP contribution in [0.1, 0.15) is 23.2 Å². The number of nitro benzene ring substituents is 1. The lowest BCUT2D eigenvalue weighted by Crippen LogP contribution is -2.17. The number of aldehydes is 1. The number of carbonyl (C=O) groups is 1. The lowest BCUT2D eigenvalue weighted by Gasteiger charge is -2.17. The Labute approximate surface area is 92.8 Å². The van der Waals surface area contributed by atoms with Crippen LogP contribution in [-0.4, -0.2) is 24.3 Å². The lowest BCUT2D eigenvalue weighted by atomic mass is 10.1. The smallest absolute Gasteiger partial charge is 0.281 e. The molecule has 0 atom stereocenters. The normalized spacial score (nSPS) is 15.1. The minimum Gasteiger partial charge on any atom is -0.371 e. The van der Waals surface area contributed by atoms with Crippen LogP contribution < -0.4 is 4.90 Å². The van der Waals surface area contributed by atoms with E-state index in [1.54, 1.807) is 6.07 Å². The molecule has 2 rings (SSSR count). The molecule has 1 saturated heterocycles. The summed E-state index contributed by atoms with van der Waals surface area (Å²) in [5.41, 5.74) is 0.849. The van der Waals surface area contributed by atoms with Gasteiger partial charge >= 0.3 is 0 Å². The Morgan fingerprint density at radius 1 is 1.31 bits per heavy atom. The summed E-state index contributed by atoms with van der Waals surface area (Å²) >= 11 is 0. The third-order valence-electron chi connectivity index (χ3n) is 2.81. The Balaban J connectivity index is 2.37. The van der Waals surface area contributed by atoms with Crippen molar-refractivity contribution in [3.63, 3.8) is 0 Å². The van der Waals surface area contributed by atoms with E-state index in [4.69, 9.17) is 0 Å². The molecule has 1 fully saturated rings. The van der Waals surface area contributed by atoms with Gasteiger partial charge in [-0.3, -0.25) is 14.9 Å². The van der Waals surface area contributed by atoms with Gasteiger partial charge in [-0.1, -0.05) is 0 Å². The van der Waals surface area contributed by atoms with Gasteiger partial charge in [-0.25, -0.2) is 0 Å². The second kappa shape index (κ2) is 4.30. The van der Waals surface area contributed by atoms with Crippen molar-refractivity contribution in [1.82, 2.24) is 0 Å². The minimum absolute atomic E-state index is 0.112. The molecule has 5 heteroatoms. The van der Waals surface area contributed by atoms with Crippen LogP contribution in [0.3, 0.4) is 0 Å². The molecule has 0 N–H and O–H groups in total. The van der Waals surface area contributed by atoms with E-state index >= 15 is 0 Å². The van der Waals surface area contributed by atoms with Crippen molar-refractivity contribution in [2.24, 2.45) is 0 Å². The summed E-state index contributed by atoms with van der Waals surface area (Å²) in [7, 11) is 0. The quantitative estimate of drug-likeness (QED) is 0.444. The Kier molecular flexibility index (Phi) is 2.85. The molecule has 1 aliphatic rings. The predicted molar refractivity (Wildman–Crippen MR) is 59.9 cm³/mol. The van der Waals surface area contributed by atoms with Crippen molar-refractivity contribution >= 4 is 17.7 Å². The fourth-order valence-corrected chi connectivity index (χ4v) is 1.96. The second-order valence-corrected chi connectivity index (χ2v) is 3.81. The number of anilines is 1. The van der Waals surface area contributed by atoms with Crippen molar-refractivity contribution in [2.75, 3.05) is 18.0 Å². The van der Waals surface area contributed by atoms with Crippen LogP contribution in [0.2, 0.25) is 0 Å². The van der Waals surface area contributed by atoms with E-state index in [1.807, 2.05) is 0 Å². The molecular formula is C11H12N2O3. The van der Waals surface area contributed by atoms with Crippen LogP contribution >= 0.6 is 0 Å². The third-order valence-corrected chi connectivity index (χ3v) is 2.81.